The minimum atomic E-state index is -0.650. The molecule has 0 fully saturated rings. The van der Waals surface area contributed by atoms with Crippen molar-refractivity contribution in [3.63, 3.8) is 0 Å². The number of anilines is 1. The van der Waals surface area contributed by atoms with Crippen LogP contribution in [0.3, 0.4) is 0 Å². The first kappa shape index (κ1) is 13.0. The minimum Gasteiger partial charge on any atom is -0.507 e. The third-order valence-electron chi connectivity index (χ3n) is 2.19. The molecule has 0 unspecified atom stereocenters. The fraction of sp³-hybridized carbons (Fsp3) is 0.333. The summed E-state index contributed by atoms with van der Waals surface area (Å²) in [6.45, 7) is 3.52. The molecule has 1 amide bonds. The molecule has 0 aliphatic heterocycles. The number of phenolic OH excluding ortho intramolecular Hbond substituents is 1. The van der Waals surface area contributed by atoms with Crippen LogP contribution in [0.25, 0.3) is 0 Å². The fourth-order valence-electron chi connectivity index (χ4n) is 1.17. The summed E-state index contributed by atoms with van der Waals surface area (Å²) in [4.78, 5) is 22.8. The molecule has 0 radical (unpaired) electrons. The second-order valence-corrected chi connectivity index (χ2v) is 3.87. The molecular formula is C12H15NO4. The first-order valence-corrected chi connectivity index (χ1v) is 5.18. The van der Waals surface area contributed by atoms with E-state index in [1.165, 1.54) is 25.3 Å². The van der Waals surface area contributed by atoms with Crippen molar-refractivity contribution in [2.24, 2.45) is 5.92 Å². The summed E-state index contributed by atoms with van der Waals surface area (Å²) < 4.78 is 4.51. The molecule has 1 rings (SSSR count). The van der Waals surface area contributed by atoms with Gasteiger partial charge in [0.25, 0.3) is 0 Å². The monoisotopic (exact) mass is 237 g/mol. The van der Waals surface area contributed by atoms with Gasteiger partial charge in [0.05, 0.1) is 7.11 Å². The van der Waals surface area contributed by atoms with Crippen molar-refractivity contribution in [1.29, 1.82) is 0 Å². The van der Waals surface area contributed by atoms with E-state index in [2.05, 4.69) is 10.1 Å². The number of rotatable bonds is 3. The maximum atomic E-state index is 11.5. The Balaban J connectivity index is 2.97. The van der Waals surface area contributed by atoms with E-state index >= 15 is 0 Å². The molecule has 0 saturated carbocycles. The third kappa shape index (κ3) is 3.21. The van der Waals surface area contributed by atoms with Crippen LogP contribution in [0.1, 0.15) is 24.2 Å². The maximum Gasteiger partial charge on any atom is 0.341 e. The lowest BCUT2D eigenvalue weighted by atomic mass is 10.1. The van der Waals surface area contributed by atoms with Gasteiger partial charge in [-0.05, 0) is 18.2 Å². The van der Waals surface area contributed by atoms with Crippen LogP contribution < -0.4 is 5.32 Å². The van der Waals surface area contributed by atoms with E-state index < -0.39 is 5.97 Å². The lowest BCUT2D eigenvalue weighted by Gasteiger charge is -2.09. The Kier molecular flexibility index (Phi) is 4.09. The van der Waals surface area contributed by atoms with Crippen molar-refractivity contribution in [3.8, 4) is 5.75 Å². The zero-order chi connectivity index (χ0) is 13.0. The summed E-state index contributed by atoms with van der Waals surface area (Å²) in [5.41, 5.74) is 0.468. The molecule has 0 spiro atoms. The molecule has 0 atom stereocenters. The number of amides is 1. The van der Waals surface area contributed by atoms with Crippen LogP contribution >= 0.6 is 0 Å². The molecule has 0 bridgehead atoms. The molecule has 2 N–H and O–H groups in total. The highest BCUT2D eigenvalue weighted by molar-refractivity contribution is 5.96. The zero-order valence-corrected chi connectivity index (χ0v) is 9.98. The zero-order valence-electron chi connectivity index (χ0n) is 9.98. The van der Waals surface area contributed by atoms with E-state index in [0.29, 0.717) is 5.69 Å². The van der Waals surface area contributed by atoms with Gasteiger partial charge in [-0.2, -0.15) is 0 Å². The van der Waals surface area contributed by atoms with Crippen molar-refractivity contribution in [2.75, 3.05) is 12.4 Å². The van der Waals surface area contributed by atoms with Gasteiger partial charge < -0.3 is 15.2 Å². The average molecular weight is 237 g/mol. The summed E-state index contributed by atoms with van der Waals surface area (Å²) in [6.07, 6.45) is 0. The van der Waals surface area contributed by atoms with E-state index in [-0.39, 0.29) is 23.1 Å². The van der Waals surface area contributed by atoms with Crippen LogP contribution in [0, 0.1) is 5.92 Å². The fourth-order valence-corrected chi connectivity index (χ4v) is 1.17. The van der Waals surface area contributed by atoms with E-state index in [1.54, 1.807) is 13.8 Å². The number of methoxy groups -OCH3 is 1. The van der Waals surface area contributed by atoms with Crippen LogP contribution in [-0.4, -0.2) is 24.1 Å². The van der Waals surface area contributed by atoms with Crippen molar-refractivity contribution < 1.29 is 19.4 Å². The minimum absolute atomic E-state index is 0.0223. The standard InChI is InChI=1S/C12H15NO4/c1-7(2)11(15)13-8-4-5-10(14)9(6-8)12(16)17-3/h4-7,14H,1-3H3,(H,13,15). The van der Waals surface area contributed by atoms with Crippen LogP contribution in [0.5, 0.6) is 5.75 Å². The molecule has 0 aromatic heterocycles. The Bertz CT molecular complexity index is 440. The van der Waals surface area contributed by atoms with Gasteiger partial charge in [-0.3, -0.25) is 4.79 Å². The molecular weight excluding hydrogens is 222 g/mol. The summed E-state index contributed by atoms with van der Waals surface area (Å²) in [6, 6.07) is 4.23. The normalized spacial score (nSPS) is 10.1. The molecule has 5 heteroatoms. The number of nitrogens with one attached hydrogen (secondary N) is 1. The van der Waals surface area contributed by atoms with Gasteiger partial charge in [0, 0.05) is 11.6 Å². The first-order valence-electron chi connectivity index (χ1n) is 5.18. The van der Waals surface area contributed by atoms with Gasteiger partial charge in [0.1, 0.15) is 11.3 Å². The Morgan fingerprint density at radius 2 is 2.00 bits per heavy atom. The van der Waals surface area contributed by atoms with E-state index in [0.717, 1.165) is 0 Å². The second kappa shape index (κ2) is 5.34. The molecule has 0 heterocycles. The van der Waals surface area contributed by atoms with E-state index in [1.807, 2.05) is 0 Å². The van der Waals surface area contributed by atoms with Crippen LogP contribution in [0.2, 0.25) is 0 Å². The van der Waals surface area contributed by atoms with Gasteiger partial charge in [0.2, 0.25) is 5.91 Å². The average Bonchev–Trinajstić information content (AvgIpc) is 2.30. The van der Waals surface area contributed by atoms with Gasteiger partial charge in [-0.25, -0.2) is 4.79 Å². The summed E-state index contributed by atoms with van der Waals surface area (Å²) in [5, 5.41) is 12.1. The van der Waals surface area contributed by atoms with Gasteiger partial charge >= 0.3 is 5.97 Å². The van der Waals surface area contributed by atoms with Gasteiger partial charge in [-0.1, -0.05) is 13.8 Å². The lowest BCUT2D eigenvalue weighted by Crippen LogP contribution is -2.18. The number of phenols is 1. The Morgan fingerprint density at radius 3 is 2.53 bits per heavy atom. The second-order valence-electron chi connectivity index (χ2n) is 3.87. The number of hydrogen-bond acceptors (Lipinski definition) is 4. The Labute approximate surface area is 99.4 Å². The highest BCUT2D eigenvalue weighted by Crippen LogP contribution is 2.22. The molecule has 17 heavy (non-hydrogen) atoms. The van der Waals surface area contributed by atoms with Crippen LogP contribution in [-0.2, 0) is 9.53 Å². The molecule has 0 aliphatic rings. The summed E-state index contributed by atoms with van der Waals surface area (Å²) in [7, 11) is 1.22. The number of esters is 1. The van der Waals surface area contributed by atoms with Crippen molar-refractivity contribution in [3.05, 3.63) is 23.8 Å². The Hall–Kier alpha value is -2.04. The predicted octanol–water partition coefficient (Wildman–Crippen LogP) is 1.77. The quantitative estimate of drug-likeness (QED) is 0.620. The van der Waals surface area contributed by atoms with Crippen LogP contribution in [0.15, 0.2) is 18.2 Å². The van der Waals surface area contributed by atoms with Crippen LogP contribution in [0.4, 0.5) is 5.69 Å². The van der Waals surface area contributed by atoms with Crippen molar-refractivity contribution in [2.45, 2.75) is 13.8 Å². The Morgan fingerprint density at radius 1 is 1.35 bits per heavy atom. The smallest absolute Gasteiger partial charge is 0.341 e. The molecule has 1 aromatic carbocycles. The topological polar surface area (TPSA) is 75.6 Å². The molecule has 0 aliphatic carbocycles. The maximum absolute atomic E-state index is 11.5. The SMILES string of the molecule is COC(=O)c1cc(NC(=O)C(C)C)ccc1O. The largest absolute Gasteiger partial charge is 0.507 e. The van der Waals surface area contributed by atoms with Gasteiger partial charge in [-0.15, -0.1) is 0 Å². The predicted molar refractivity (Wildman–Crippen MR) is 62.9 cm³/mol. The number of carbonyl (C=O) groups excluding carboxylic acids is 2. The van der Waals surface area contributed by atoms with Gasteiger partial charge in [0.15, 0.2) is 0 Å². The van der Waals surface area contributed by atoms with Crippen molar-refractivity contribution in [1.82, 2.24) is 0 Å². The lowest BCUT2D eigenvalue weighted by molar-refractivity contribution is -0.118. The number of hydrogen-bond donors (Lipinski definition) is 2. The third-order valence-corrected chi connectivity index (χ3v) is 2.19. The molecule has 1 aromatic rings. The van der Waals surface area contributed by atoms with E-state index in [9.17, 15) is 14.7 Å². The number of aromatic hydroxyl groups is 1. The highest BCUT2D eigenvalue weighted by atomic mass is 16.5. The summed E-state index contributed by atoms with van der Waals surface area (Å²) >= 11 is 0. The number of benzene rings is 1. The first-order chi connectivity index (χ1) is 7.95. The number of ether oxygens (including phenoxy) is 1. The summed E-state index contributed by atoms with van der Waals surface area (Å²) in [5.74, 6) is -1.15. The highest BCUT2D eigenvalue weighted by Gasteiger charge is 2.14. The molecule has 0 saturated heterocycles. The molecule has 5 nitrogen and oxygen atoms in total. The van der Waals surface area contributed by atoms with Crippen molar-refractivity contribution >= 4 is 17.6 Å². The van der Waals surface area contributed by atoms with E-state index in [4.69, 9.17) is 0 Å². The number of carbonyl (C=O) groups is 2. The molecule has 92 valence electrons.